The average Bonchev–Trinajstić information content (AvgIpc) is 3.09. The summed E-state index contributed by atoms with van der Waals surface area (Å²) < 4.78 is 29.8. The zero-order valence-electron chi connectivity index (χ0n) is 18.7. The first-order chi connectivity index (χ1) is 15.7. The number of anilines is 1. The highest BCUT2D eigenvalue weighted by atomic mass is 32.2. The molecule has 0 saturated heterocycles. The summed E-state index contributed by atoms with van der Waals surface area (Å²) in [4.78, 5) is 16.9. The van der Waals surface area contributed by atoms with Crippen molar-refractivity contribution in [3.8, 4) is 11.4 Å². The van der Waals surface area contributed by atoms with E-state index < -0.39 is 10.0 Å². The van der Waals surface area contributed by atoms with Gasteiger partial charge in [0.05, 0.1) is 22.5 Å². The third kappa shape index (κ3) is 5.23. The lowest BCUT2D eigenvalue weighted by Crippen LogP contribution is -2.29. The Morgan fingerprint density at radius 3 is 2.36 bits per heavy atom. The van der Waals surface area contributed by atoms with E-state index in [-0.39, 0.29) is 17.7 Å². The van der Waals surface area contributed by atoms with Crippen LogP contribution in [-0.4, -0.2) is 29.9 Å². The number of benzene rings is 3. The molecule has 33 heavy (non-hydrogen) atoms. The van der Waals surface area contributed by atoms with Crippen molar-refractivity contribution in [2.45, 2.75) is 25.6 Å². The average molecular weight is 463 g/mol. The molecule has 0 saturated carbocycles. The molecule has 1 amide bonds. The second-order valence-electron chi connectivity index (χ2n) is 8.25. The molecule has 0 unspecified atom stereocenters. The van der Waals surface area contributed by atoms with Crippen molar-refractivity contribution < 1.29 is 13.2 Å². The van der Waals surface area contributed by atoms with E-state index in [4.69, 9.17) is 4.98 Å². The first-order valence-corrected chi connectivity index (χ1v) is 12.3. The molecule has 1 aromatic heterocycles. The first kappa shape index (κ1) is 22.5. The fraction of sp³-hybridized carbons (Fsp3) is 0.200. The molecular weight excluding hydrogens is 436 g/mol. The summed E-state index contributed by atoms with van der Waals surface area (Å²) in [6, 6.07) is 21.7. The second-order valence-corrected chi connectivity index (χ2v) is 9.97. The number of imidazole rings is 1. The number of hydrogen-bond acceptors (Lipinski definition) is 4. The molecule has 4 aromatic rings. The molecule has 7 nitrogen and oxygen atoms in total. The Hall–Kier alpha value is -3.65. The van der Waals surface area contributed by atoms with Crippen molar-refractivity contribution in [3.63, 3.8) is 0 Å². The minimum absolute atomic E-state index is 0.0660. The van der Waals surface area contributed by atoms with E-state index in [2.05, 4.69) is 10.0 Å². The van der Waals surface area contributed by atoms with Crippen LogP contribution in [-0.2, 0) is 22.8 Å². The highest BCUT2D eigenvalue weighted by Gasteiger charge is 2.15. The second kappa shape index (κ2) is 9.07. The summed E-state index contributed by atoms with van der Waals surface area (Å²) in [7, 11) is -1.65. The van der Waals surface area contributed by atoms with Crippen LogP contribution in [0.2, 0.25) is 0 Å². The Morgan fingerprint density at radius 2 is 1.70 bits per heavy atom. The molecule has 0 aliphatic rings. The molecule has 0 bridgehead atoms. The molecule has 0 atom stereocenters. The maximum absolute atomic E-state index is 12.6. The van der Waals surface area contributed by atoms with Crippen LogP contribution in [0, 0.1) is 0 Å². The summed E-state index contributed by atoms with van der Waals surface area (Å²) in [5.74, 6) is 0.509. The van der Waals surface area contributed by atoms with Gasteiger partial charge in [-0.25, -0.2) is 13.4 Å². The number of aromatic nitrogens is 2. The number of sulfonamides is 1. The smallest absolute Gasteiger partial charge is 0.251 e. The standard InChI is InChI=1S/C25H26N4O3S/c1-17(2)26-25(30)20-11-9-19(10-12-20)24-27-22-15-21(13-14-23(22)29(24)3)28-33(31,32)16-18-7-5-4-6-8-18/h4-15,17,28H,16H2,1-3H3,(H,26,30). The predicted octanol–water partition coefficient (Wildman–Crippen LogP) is 4.32. The van der Waals surface area contributed by atoms with Crippen LogP contribution in [0.25, 0.3) is 22.4 Å². The minimum atomic E-state index is -3.56. The molecule has 0 fully saturated rings. The van der Waals surface area contributed by atoms with Gasteiger partial charge in [-0.1, -0.05) is 42.5 Å². The van der Waals surface area contributed by atoms with Gasteiger partial charge >= 0.3 is 0 Å². The number of hydrogen-bond donors (Lipinski definition) is 2. The number of nitrogens with one attached hydrogen (secondary N) is 2. The lowest BCUT2D eigenvalue weighted by molar-refractivity contribution is 0.0943. The molecule has 2 N–H and O–H groups in total. The van der Waals surface area contributed by atoms with E-state index in [1.807, 2.05) is 61.9 Å². The van der Waals surface area contributed by atoms with Gasteiger partial charge in [0.1, 0.15) is 5.82 Å². The topological polar surface area (TPSA) is 93.1 Å². The molecule has 0 aliphatic carbocycles. The van der Waals surface area contributed by atoms with Crippen molar-refractivity contribution in [2.75, 3.05) is 4.72 Å². The van der Waals surface area contributed by atoms with Crippen molar-refractivity contribution in [2.24, 2.45) is 7.05 Å². The number of fused-ring (bicyclic) bond motifs is 1. The van der Waals surface area contributed by atoms with E-state index in [9.17, 15) is 13.2 Å². The van der Waals surface area contributed by atoms with Crippen LogP contribution in [0.15, 0.2) is 72.8 Å². The summed E-state index contributed by atoms with van der Waals surface area (Å²) in [6.07, 6.45) is 0. The van der Waals surface area contributed by atoms with E-state index in [0.29, 0.717) is 16.8 Å². The zero-order valence-corrected chi connectivity index (χ0v) is 19.6. The van der Waals surface area contributed by atoms with Crippen molar-refractivity contribution >= 4 is 32.7 Å². The van der Waals surface area contributed by atoms with Gasteiger partial charge < -0.3 is 9.88 Å². The molecule has 1 heterocycles. The maximum atomic E-state index is 12.6. The summed E-state index contributed by atoms with van der Waals surface area (Å²) in [5.41, 5.74) is 4.18. The lowest BCUT2D eigenvalue weighted by Gasteiger charge is -2.09. The number of amides is 1. The Morgan fingerprint density at radius 1 is 1.00 bits per heavy atom. The van der Waals surface area contributed by atoms with Gasteiger partial charge in [-0.15, -0.1) is 0 Å². The third-order valence-electron chi connectivity index (χ3n) is 5.18. The van der Waals surface area contributed by atoms with Gasteiger partial charge in [0, 0.05) is 24.2 Å². The number of aryl methyl sites for hydroxylation is 1. The largest absolute Gasteiger partial charge is 0.350 e. The van der Waals surface area contributed by atoms with Gasteiger partial charge in [-0.2, -0.15) is 0 Å². The fourth-order valence-corrected chi connectivity index (χ4v) is 4.84. The first-order valence-electron chi connectivity index (χ1n) is 10.6. The maximum Gasteiger partial charge on any atom is 0.251 e. The number of carbonyl (C=O) groups is 1. The van der Waals surface area contributed by atoms with Gasteiger partial charge in [0.25, 0.3) is 5.91 Å². The summed E-state index contributed by atoms with van der Waals surface area (Å²) >= 11 is 0. The minimum Gasteiger partial charge on any atom is -0.350 e. The van der Waals surface area contributed by atoms with E-state index in [1.54, 1.807) is 36.4 Å². The van der Waals surface area contributed by atoms with Crippen molar-refractivity contribution in [1.29, 1.82) is 0 Å². The van der Waals surface area contributed by atoms with E-state index in [0.717, 1.165) is 22.5 Å². The highest BCUT2D eigenvalue weighted by Crippen LogP contribution is 2.26. The van der Waals surface area contributed by atoms with Crippen LogP contribution in [0.3, 0.4) is 0 Å². The van der Waals surface area contributed by atoms with E-state index >= 15 is 0 Å². The van der Waals surface area contributed by atoms with Crippen LogP contribution < -0.4 is 10.0 Å². The van der Waals surface area contributed by atoms with Crippen LogP contribution in [0.4, 0.5) is 5.69 Å². The fourth-order valence-electron chi connectivity index (χ4n) is 3.65. The van der Waals surface area contributed by atoms with Crippen LogP contribution in [0.5, 0.6) is 0 Å². The van der Waals surface area contributed by atoms with Gasteiger partial charge in [-0.05, 0) is 49.7 Å². The molecule has 0 radical (unpaired) electrons. The Kier molecular flexibility index (Phi) is 6.20. The number of nitrogens with zero attached hydrogens (tertiary/aromatic N) is 2. The SMILES string of the molecule is CC(C)NC(=O)c1ccc(-c2nc3cc(NS(=O)(=O)Cc4ccccc4)ccc3n2C)cc1. The molecular formula is C25H26N4O3S. The van der Waals surface area contributed by atoms with Gasteiger partial charge in [0.2, 0.25) is 10.0 Å². The zero-order chi connectivity index (χ0) is 23.6. The van der Waals surface area contributed by atoms with Crippen LogP contribution >= 0.6 is 0 Å². The molecule has 3 aromatic carbocycles. The van der Waals surface area contributed by atoms with Crippen LogP contribution in [0.1, 0.15) is 29.8 Å². The molecule has 8 heteroatoms. The van der Waals surface area contributed by atoms with E-state index in [1.165, 1.54) is 0 Å². The monoisotopic (exact) mass is 462 g/mol. The van der Waals surface area contributed by atoms with Gasteiger partial charge in [-0.3, -0.25) is 9.52 Å². The van der Waals surface area contributed by atoms with Crippen molar-refractivity contribution in [3.05, 3.63) is 83.9 Å². The molecule has 170 valence electrons. The quantitative estimate of drug-likeness (QED) is 0.428. The number of rotatable bonds is 7. The molecule has 4 rings (SSSR count). The Bertz CT molecular complexity index is 1390. The van der Waals surface area contributed by atoms with Gasteiger partial charge in [0.15, 0.2) is 0 Å². The highest BCUT2D eigenvalue weighted by molar-refractivity contribution is 7.91. The lowest BCUT2D eigenvalue weighted by atomic mass is 10.1. The third-order valence-corrected chi connectivity index (χ3v) is 6.44. The Balaban J connectivity index is 1.57. The number of carbonyl (C=O) groups excluding carboxylic acids is 1. The predicted molar refractivity (Wildman–Crippen MR) is 131 cm³/mol. The molecule has 0 spiro atoms. The summed E-state index contributed by atoms with van der Waals surface area (Å²) in [6.45, 7) is 3.84. The summed E-state index contributed by atoms with van der Waals surface area (Å²) in [5, 5.41) is 2.88. The normalized spacial score (nSPS) is 11.6. The Labute approximate surface area is 193 Å². The van der Waals surface area contributed by atoms with Crippen molar-refractivity contribution in [1.82, 2.24) is 14.9 Å². The molecule has 0 aliphatic heterocycles.